The van der Waals surface area contributed by atoms with Crippen LogP contribution in [0.3, 0.4) is 0 Å². The van der Waals surface area contributed by atoms with Gasteiger partial charge in [-0.15, -0.1) is 0 Å². The van der Waals surface area contributed by atoms with Gasteiger partial charge in [-0.05, 0) is 38.5 Å². The second-order valence-electron chi connectivity index (χ2n) is 20.0. The van der Waals surface area contributed by atoms with E-state index < -0.39 is 20.0 Å². The third-order valence-corrected chi connectivity index (χ3v) is 13.5. The number of likely N-dealkylation sites (N-methyl/N-ethyl adjacent to an activating group) is 1. The van der Waals surface area contributed by atoms with Crippen LogP contribution >= 0.6 is 7.82 Å². The largest absolute Gasteiger partial charge is 0.472 e. The number of aliphatic hydroxyl groups is 1. The molecule has 0 saturated carbocycles. The Hall–Kier alpha value is -0.760. The van der Waals surface area contributed by atoms with E-state index in [1.165, 1.54) is 205 Å². The molecule has 62 heavy (non-hydrogen) atoms. The monoisotopic (exact) mass is 900 g/mol. The zero-order valence-corrected chi connectivity index (χ0v) is 43.0. The zero-order valence-electron chi connectivity index (χ0n) is 42.1. The molecule has 3 N–H and O–H groups in total. The Bertz CT molecular complexity index is 1020. The predicted octanol–water partition coefficient (Wildman–Crippen LogP) is 15.9. The third-order valence-electron chi connectivity index (χ3n) is 12.5. The molecule has 0 rings (SSSR count). The minimum absolute atomic E-state index is 0.0761. The first kappa shape index (κ1) is 61.2. The number of nitrogens with zero attached hydrogens (tertiary/aromatic N) is 1. The van der Waals surface area contributed by atoms with Crippen molar-refractivity contribution in [3.63, 3.8) is 0 Å². The van der Waals surface area contributed by atoms with Crippen molar-refractivity contribution in [2.75, 3.05) is 40.9 Å². The molecule has 0 aliphatic rings. The maximum Gasteiger partial charge on any atom is 0.472 e. The SMILES string of the molecule is CCCCCCCCCCCCC/C=C\CCCCCCCCCC(=O)NC(COP(=O)(O)OCC[N+](C)(C)C)C(O)CCCCCCCCCCCCCCCCCCCC. The number of phosphoric ester groups is 1. The number of quaternary nitrogens is 1. The molecule has 9 heteroatoms. The van der Waals surface area contributed by atoms with E-state index in [9.17, 15) is 19.4 Å². The fourth-order valence-electron chi connectivity index (χ4n) is 8.22. The lowest BCUT2D eigenvalue weighted by atomic mass is 10.0. The number of allylic oxidation sites excluding steroid dienone is 2. The van der Waals surface area contributed by atoms with Crippen molar-refractivity contribution in [1.82, 2.24) is 5.32 Å². The van der Waals surface area contributed by atoms with Crippen molar-refractivity contribution >= 4 is 13.7 Å². The number of amides is 1. The number of carbonyl (C=O) groups is 1. The number of carbonyl (C=O) groups excluding carboxylic acids is 1. The topological polar surface area (TPSA) is 105 Å². The van der Waals surface area contributed by atoms with Crippen molar-refractivity contribution in [3.8, 4) is 0 Å². The molecule has 0 aromatic heterocycles. The fraction of sp³-hybridized carbons (Fsp3) is 0.943. The van der Waals surface area contributed by atoms with Gasteiger partial charge < -0.3 is 19.8 Å². The Morgan fingerprint density at radius 2 is 0.871 bits per heavy atom. The normalized spacial score (nSPS) is 14.1. The zero-order chi connectivity index (χ0) is 45.7. The highest BCUT2D eigenvalue weighted by Crippen LogP contribution is 2.43. The van der Waals surface area contributed by atoms with Crippen LogP contribution < -0.4 is 5.32 Å². The lowest BCUT2D eigenvalue weighted by Crippen LogP contribution is -2.46. The van der Waals surface area contributed by atoms with E-state index in [-0.39, 0.29) is 19.1 Å². The van der Waals surface area contributed by atoms with Crippen LogP contribution in [0.15, 0.2) is 12.2 Å². The number of aliphatic hydroxyl groups excluding tert-OH is 1. The van der Waals surface area contributed by atoms with Crippen molar-refractivity contribution < 1.29 is 32.9 Å². The average molecular weight is 900 g/mol. The summed E-state index contributed by atoms with van der Waals surface area (Å²) in [4.78, 5) is 23.3. The Morgan fingerprint density at radius 3 is 1.24 bits per heavy atom. The number of hydrogen-bond acceptors (Lipinski definition) is 5. The van der Waals surface area contributed by atoms with Gasteiger partial charge in [-0.1, -0.05) is 238 Å². The summed E-state index contributed by atoms with van der Waals surface area (Å²) in [5.74, 6) is -0.144. The minimum Gasteiger partial charge on any atom is -0.391 e. The van der Waals surface area contributed by atoms with Gasteiger partial charge in [0.15, 0.2) is 0 Å². The van der Waals surface area contributed by atoms with E-state index in [1.54, 1.807) is 0 Å². The minimum atomic E-state index is -4.32. The van der Waals surface area contributed by atoms with Gasteiger partial charge in [0.25, 0.3) is 0 Å². The van der Waals surface area contributed by atoms with Crippen LogP contribution in [-0.2, 0) is 18.4 Å². The number of phosphoric acid groups is 1. The molecule has 370 valence electrons. The van der Waals surface area contributed by atoms with Gasteiger partial charge in [0.05, 0.1) is 39.9 Å². The van der Waals surface area contributed by atoms with Gasteiger partial charge in [0.1, 0.15) is 13.2 Å². The number of rotatable bonds is 50. The van der Waals surface area contributed by atoms with Gasteiger partial charge in [-0.2, -0.15) is 0 Å². The Morgan fingerprint density at radius 1 is 0.532 bits per heavy atom. The first-order valence-electron chi connectivity index (χ1n) is 27.1. The van der Waals surface area contributed by atoms with Crippen molar-refractivity contribution in [3.05, 3.63) is 12.2 Å². The summed E-state index contributed by atoms with van der Waals surface area (Å²) in [5.41, 5.74) is 0. The predicted molar refractivity (Wildman–Crippen MR) is 268 cm³/mol. The fourth-order valence-corrected chi connectivity index (χ4v) is 8.96. The number of unbranched alkanes of at least 4 members (excludes halogenated alkanes) is 35. The highest BCUT2D eigenvalue weighted by atomic mass is 31.2. The molecule has 1 amide bonds. The Kier molecular flexibility index (Phi) is 44.8. The van der Waals surface area contributed by atoms with E-state index in [0.717, 1.165) is 38.5 Å². The molecule has 0 saturated heterocycles. The molecule has 0 radical (unpaired) electrons. The van der Waals surface area contributed by atoms with Crippen molar-refractivity contribution in [2.45, 2.75) is 283 Å². The second kappa shape index (κ2) is 45.4. The van der Waals surface area contributed by atoms with Crippen molar-refractivity contribution in [2.24, 2.45) is 0 Å². The second-order valence-corrected chi connectivity index (χ2v) is 21.4. The molecule has 3 unspecified atom stereocenters. The summed E-state index contributed by atoms with van der Waals surface area (Å²) in [6.07, 6.45) is 53.9. The average Bonchev–Trinajstić information content (AvgIpc) is 3.23. The summed E-state index contributed by atoms with van der Waals surface area (Å²) in [5, 5.41) is 14.0. The van der Waals surface area contributed by atoms with E-state index >= 15 is 0 Å². The molecule has 0 aliphatic carbocycles. The quantitative estimate of drug-likeness (QED) is 0.0243. The molecule has 0 aromatic rings. The molecule has 0 spiro atoms. The van der Waals surface area contributed by atoms with Gasteiger partial charge in [0, 0.05) is 6.42 Å². The van der Waals surface area contributed by atoms with E-state index in [2.05, 4.69) is 31.3 Å². The van der Waals surface area contributed by atoms with Crippen LogP contribution in [0, 0.1) is 0 Å². The molecular weight excluding hydrogens is 792 g/mol. The van der Waals surface area contributed by atoms with E-state index in [0.29, 0.717) is 23.9 Å². The first-order valence-corrected chi connectivity index (χ1v) is 28.5. The third kappa shape index (κ3) is 47.2. The Balaban J connectivity index is 4.21. The van der Waals surface area contributed by atoms with E-state index in [1.807, 2.05) is 21.1 Å². The summed E-state index contributed by atoms with van der Waals surface area (Å²) in [6.45, 7) is 4.92. The molecule has 0 bridgehead atoms. The molecule has 3 atom stereocenters. The van der Waals surface area contributed by atoms with E-state index in [4.69, 9.17) is 9.05 Å². The summed E-state index contributed by atoms with van der Waals surface area (Å²) >= 11 is 0. The molecule has 0 fully saturated rings. The van der Waals surface area contributed by atoms with Crippen LogP contribution in [0.2, 0.25) is 0 Å². The summed E-state index contributed by atoms with van der Waals surface area (Å²) in [6, 6.07) is -0.760. The van der Waals surface area contributed by atoms with Gasteiger partial charge in [-0.25, -0.2) is 4.57 Å². The van der Waals surface area contributed by atoms with Crippen LogP contribution in [0.25, 0.3) is 0 Å². The Labute approximate surface area is 386 Å². The van der Waals surface area contributed by atoms with Gasteiger partial charge in [0.2, 0.25) is 5.91 Å². The lowest BCUT2D eigenvalue weighted by molar-refractivity contribution is -0.870. The van der Waals surface area contributed by atoms with Crippen LogP contribution in [0.4, 0.5) is 0 Å². The highest BCUT2D eigenvalue weighted by Gasteiger charge is 2.28. The van der Waals surface area contributed by atoms with Crippen LogP contribution in [0.5, 0.6) is 0 Å². The summed E-state index contributed by atoms with van der Waals surface area (Å²) in [7, 11) is 1.62. The van der Waals surface area contributed by atoms with Crippen molar-refractivity contribution in [1.29, 1.82) is 0 Å². The molecular formula is C53H108N2O6P+. The number of hydrogen-bond donors (Lipinski definition) is 3. The van der Waals surface area contributed by atoms with Gasteiger partial charge >= 0.3 is 7.82 Å². The van der Waals surface area contributed by atoms with Gasteiger partial charge in [-0.3, -0.25) is 13.8 Å². The summed E-state index contributed by atoms with van der Waals surface area (Å²) < 4.78 is 23.7. The molecule has 0 heterocycles. The lowest BCUT2D eigenvalue weighted by Gasteiger charge is -2.26. The highest BCUT2D eigenvalue weighted by molar-refractivity contribution is 7.47. The first-order chi connectivity index (χ1) is 30.0. The smallest absolute Gasteiger partial charge is 0.391 e. The standard InChI is InChI=1S/C53H107N2O6P/c1-6-8-10-12-14-16-18-20-22-24-26-27-28-29-31-33-35-37-39-41-43-45-47-53(57)54-51(50-61-62(58,59)60-49-48-55(3,4)5)52(56)46-44-42-40-38-36-34-32-30-25-23-21-19-17-15-13-11-9-7-2/h28-29,51-52,56H,6-27,30-50H2,1-5H3,(H-,54,57,58,59)/p+1/b29-28-. The van der Waals surface area contributed by atoms with Crippen LogP contribution in [0.1, 0.15) is 271 Å². The maximum atomic E-state index is 13.0. The molecule has 0 aromatic carbocycles. The maximum absolute atomic E-state index is 13.0. The molecule has 8 nitrogen and oxygen atoms in total. The number of nitrogens with one attached hydrogen (secondary N) is 1. The van der Waals surface area contributed by atoms with Crippen LogP contribution in [-0.4, -0.2) is 73.4 Å². The molecule has 0 aliphatic heterocycles.